The molecule has 3 N–H and O–H groups in total. The van der Waals surface area contributed by atoms with Crippen LogP contribution in [0.1, 0.15) is 28.9 Å². The lowest BCUT2D eigenvalue weighted by Gasteiger charge is -2.17. The van der Waals surface area contributed by atoms with Gasteiger partial charge in [-0.05, 0) is 30.7 Å². The number of aliphatic hydroxyl groups excluding tert-OH is 2. The molecule has 1 heterocycles. The third-order valence-corrected chi connectivity index (χ3v) is 3.27. The Morgan fingerprint density at radius 1 is 1.32 bits per heavy atom. The number of hydrogen-bond acceptors (Lipinski definition) is 6. The molecule has 22 heavy (non-hydrogen) atoms. The predicted octanol–water partition coefficient (Wildman–Crippen LogP) is 0.912. The summed E-state index contributed by atoms with van der Waals surface area (Å²) in [6.07, 6.45) is -1.62. The first-order valence-corrected chi connectivity index (χ1v) is 6.71. The number of rotatable bonds is 5. The number of fused-ring (bicyclic) bond motifs is 1. The highest BCUT2D eigenvalue weighted by atomic mass is 16.5. The number of methoxy groups -OCH3 is 1. The molecule has 7 nitrogen and oxygen atoms in total. The summed E-state index contributed by atoms with van der Waals surface area (Å²) in [6.45, 7) is 1.68. The summed E-state index contributed by atoms with van der Waals surface area (Å²) in [7, 11) is 1.25. The van der Waals surface area contributed by atoms with E-state index < -0.39 is 24.1 Å². The molecule has 2 rings (SSSR count). The molecule has 1 aromatic carbocycles. The van der Waals surface area contributed by atoms with Crippen LogP contribution in [0.5, 0.6) is 0 Å². The average molecular weight is 307 g/mol. The molecule has 0 bridgehead atoms. The summed E-state index contributed by atoms with van der Waals surface area (Å²) in [5.41, 5.74) is 1.01. The quantitative estimate of drug-likeness (QED) is 0.709. The molecule has 0 fully saturated rings. The summed E-state index contributed by atoms with van der Waals surface area (Å²) in [5.74, 6) is -1.51. The van der Waals surface area contributed by atoms with Gasteiger partial charge in [0.05, 0.1) is 19.3 Å². The minimum atomic E-state index is -1.74. The van der Waals surface area contributed by atoms with E-state index in [1.165, 1.54) is 13.2 Å². The zero-order valence-corrected chi connectivity index (χ0v) is 12.2. The van der Waals surface area contributed by atoms with Crippen LogP contribution < -0.4 is 0 Å². The molecule has 0 spiro atoms. The Morgan fingerprint density at radius 2 is 2.05 bits per heavy atom. The Morgan fingerprint density at radius 3 is 2.68 bits per heavy atom. The Kier molecular flexibility index (Phi) is 4.79. The topological polar surface area (TPSA) is 109 Å². The third kappa shape index (κ3) is 2.95. The zero-order chi connectivity index (χ0) is 16.3. The largest absolute Gasteiger partial charge is 0.465 e. The van der Waals surface area contributed by atoms with E-state index in [1.54, 1.807) is 25.3 Å². The maximum atomic E-state index is 11.8. The molecule has 7 heteroatoms. The molecule has 0 aliphatic carbocycles. The van der Waals surface area contributed by atoms with Gasteiger partial charge in [-0.1, -0.05) is 0 Å². The van der Waals surface area contributed by atoms with Crippen molar-refractivity contribution in [1.29, 1.82) is 0 Å². The maximum Gasteiger partial charge on any atom is 0.338 e. The van der Waals surface area contributed by atoms with Crippen LogP contribution in [0.3, 0.4) is 0 Å². The van der Waals surface area contributed by atoms with E-state index in [-0.39, 0.29) is 17.7 Å². The van der Waals surface area contributed by atoms with Gasteiger partial charge >= 0.3 is 11.9 Å². The monoisotopic (exact) mass is 307 g/mol. The summed E-state index contributed by atoms with van der Waals surface area (Å²) < 4.78 is 9.38. The minimum Gasteiger partial charge on any atom is -0.465 e. The number of benzene rings is 1. The van der Waals surface area contributed by atoms with Gasteiger partial charge in [-0.15, -0.1) is 0 Å². The molecule has 1 aromatic heterocycles. The van der Waals surface area contributed by atoms with Crippen molar-refractivity contribution >= 4 is 22.8 Å². The smallest absolute Gasteiger partial charge is 0.338 e. The number of carbonyl (C=O) groups excluding carboxylic acids is 2. The highest BCUT2D eigenvalue weighted by Gasteiger charge is 2.28. The lowest BCUT2D eigenvalue weighted by atomic mass is 9.99. The van der Waals surface area contributed by atoms with E-state index in [2.05, 4.69) is 9.72 Å². The van der Waals surface area contributed by atoms with E-state index >= 15 is 0 Å². The van der Waals surface area contributed by atoms with Crippen molar-refractivity contribution in [2.24, 2.45) is 0 Å². The first-order chi connectivity index (χ1) is 10.5. The predicted molar refractivity (Wildman–Crippen MR) is 77.2 cm³/mol. The van der Waals surface area contributed by atoms with E-state index in [0.29, 0.717) is 10.9 Å². The second-order valence-electron chi connectivity index (χ2n) is 4.64. The number of aromatic nitrogens is 1. The van der Waals surface area contributed by atoms with Crippen molar-refractivity contribution in [2.75, 3.05) is 13.7 Å². The molecule has 0 saturated carbocycles. The van der Waals surface area contributed by atoms with Crippen LogP contribution in [0, 0.1) is 0 Å². The van der Waals surface area contributed by atoms with Crippen LogP contribution in [-0.2, 0) is 14.3 Å². The molecule has 0 saturated heterocycles. The maximum absolute atomic E-state index is 11.8. The van der Waals surface area contributed by atoms with Crippen LogP contribution in [-0.4, -0.2) is 47.0 Å². The van der Waals surface area contributed by atoms with Crippen molar-refractivity contribution in [1.82, 2.24) is 4.98 Å². The number of aliphatic hydroxyl groups is 2. The van der Waals surface area contributed by atoms with E-state index in [1.807, 2.05) is 0 Å². The fraction of sp³-hybridized carbons (Fsp3) is 0.333. The molecule has 0 amide bonds. The second kappa shape index (κ2) is 6.59. The lowest BCUT2D eigenvalue weighted by molar-refractivity contribution is -0.159. The van der Waals surface area contributed by atoms with Gasteiger partial charge in [-0.3, -0.25) is 0 Å². The van der Waals surface area contributed by atoms with E-state index in [4.69, 9.17) is 4.74 Å². The zero-order valence-electron chi connectivity index (χ0n) is 12.2. The van der Waals surface area contributed by atoms with Crippen molar-refractivity contribution in [2.45, 2.75) is 19.1 Å². The summed E-state index contributed by atoms with van der Waals surface area (Å²) in [4.78, 5) is 26.3. The van der Waals surface area contributed by atoms with Crippen LogP contribution in [0.2, 0.25) is 0 Å². The lowest BCUT2D eigenvalue weighted by Crippen LogP contribution is -2.30. The minimum absolute atomic E-state index is 0.0890. The molecule has 0 radical (unpaired) electrons. The normalized spacial score (nSPS) is 13.6. The number of hydrogen-bond donors (Lipinski definition) is 3. The number of ether oxygens (including phenoxy) is 2. The Hall–Kier alpha value is -2.38. The summed E-state index contributed by atoms with van der Waals surface area (Å²) in [6, 6.07) is 4.63. The fourth-order valence-corrected chi connectivity index (χ4v) is 2.18. The number of nitrogens with one attached hydrogen (secondary N) is 1. The average Bonchev–Trinajstić information content (AvgIpc) is 3.00. The number of H-pyrrole nitrogens is 1. The summed E-state index contributed by atoms with van der Waals surface area (Å²) in [5, 5.41) is 20.6. The molecular formula is C15H17NO6. The highest BCUT2D eigenvalue weighted by Crippen LogP contribution is 2.26. The third-order valence-electron chi connectivity index (χ3n) is 3.27. The molecular weight excluding hydrogens is 290 g/mol. The van der Waals surface area contributed by atoms with Crippen LogP contribution in [0.25, 0.3) is 10.9 Å². The van der Waals surface area contributed by atoms with Gasteiger partial charge < -0.3 is 24.7 Å². The molecule has 118 valence electrons. The van der Waals surface area contributed by atoms with Crippen molar-refractivity contribution < 1.29 is 29.3 Å². The standard InChI is InChI=1S/C15H17NO6/c1-3-22-15(20)13(18)12(17)8-6-10(14(19)21-2)9-4-5-16-11(9)7-8/h4-7,12-13,16-18H,3H2,1-2H3. The molecule has 2 atom stereocenters. The Balaban J connectivity index is 2.42. The van der Waals surface area contributed by atoms with Gasteiger partial charge in [0.2, 0.25) is 0 Å². The molecule has 0 aliphatic heterocycles. The Bertz CT molecular complexity index is 692. The van der Waals surface area contributed by atoms with Gasteiger partial charge in [-0.25, -0.2) is 9.59 Å². The van der Waals surface area contributed by atoms with Gasteiger partial charge in [-0.2, -0.15) is 0 Å². The van der Waals surface area contributed by atoms with Crippen LogP contribution in [0.15, 0.2) is 24.4 Å². The SMILES string of the molecule is CCOC(=O)C(O)C(O)c1cc(C(=O)OC)c2cc[nH]c2c1. The first-order valence-electron chi connectivity index (χ1n) is 6.71. The number of aromatic amines is 1. The van der Waals surface area contributed by atoms with Gasteiger partial charge in [0, 0.05) is 17.1 Å². The highest BCUT2D eigenvalue weighted by molar-refractivity contribution is 6.04. The molecule has 0 aliphatic rings. The summed E-state index contributed by atoms with van der Waals surface area (Å²) >= 11 is 0. The number of esters is 2. The van der Waals surface area contributed by atoms with E-state index in [9.17, 15) is 19.8 Å². The second-order valence-corrected chi connectivity index (χ2v) is 4.64. The van der Waals surface area contributed by atoms with Gasteiger partial charge in [0.15, 0.2) is 6.10 Å². The van der Waals surface area contributed by atoms with Gasteiger partial charge in [0.25, 0.3) is 0 Å². The molecule has 2 aromatic rings. The Labute approximate surface area is 126 Å². The van der Waals surface area contributed by atoms with Gasteiger partial charge in [0.1, 0.15) is 6.10 Å². The van der Waals surface area contributed by atoms with E-state index in [0.717, 1.165) is 0 Å². The van der Waals surface area contributed by atoms with Crippen molar-refractivity contribution in [3.8, 4) is 0 Å². The molecule has 2 unspecified atom stereocenters. The first kappa shape index (κ1) is 16.0. The van der Waals surface area contributed by atoms with Crippen LogP contribution in [0.4, 0.5) is 0 Å². The van der Waals surface area contributed by atoms with Crippen molar-refractivity contribution in [3.63, 3.8) is 0 Å². The van der Waals surface area contributed by atoms with Crippen molar-refractivity contribution in [3.05, 3.63) is 35.5 Å². The number of carbonyl (C=O) groups is 2. The fourth-order valence-electron chi connectivity index (χ4n) is 2.18. The van der Waals surface area contributed by atoms with Crippen LogP contribution >= 0.6 is 0 Å².